The van der Waals surface area contributed by atoms with E-state index in [-0.39, 0.29) is 0 Å². The molecule has 1 aliphatic carbocycles. The van der Waals surface area contributed by atoms with Crippen molar-refractivity contribution in [3.05, 3.63) is 77.4 Å². The Hall–Kier alpha value is -2.92. The molecule has 0 saturated heterocycles. The van der Waals surface area contributed by atoms with Gasteiger partial charge in [0.25, 0.3) is 0 Å². The average molecular weight is 410 g/mol. The van der Waals surface area contributed by atoms with Crippen molar-refractivity contribution in [2.45, 2.75) is 33.1 Å². The Kier molecular flexibility index (Phi) is 9.29. The first kappa shape index (κ1) is 23.4. The first-order valence-electron chi connectivity index (χ1n) is 10.5. The van der Waals surface area contributed by atoms with Gasteiger partial charge in [0.1, 0.15) is 0 Å². The van der Waals surface area contributed by atoms with Crippen molar-refractivity contribution in [2.75, 3.05) is 19.6 Å². The lowest BCUT2D eigenvalue weighted by Gasteiger charge is -2.19. The maximum atomic E-state index is 9.10. The van der Waals surface area contributed by atoms with Crippen molar-refractivity contribution in [3.8, 4) is 0 Å². The summed E-state index contributed by atoms with van der Waals surface area (Å²) in [6, 6.07) is 19.9. The largest absolute Gasteiger partial charge is 0.473 e. The monoisotopic (exact) mass is 409 g/mol. The minimum atomic E-state index is -1.82. The number of benzene rings is 2. The van der Waals surface area contributed by atoms with E-state index in [2.05, 4.69) is 79.4 Å². The van der Waals surface area contributed by atoms with Gasteiger partial charge in [0.05, 0.1) is 0 Å². The van der Waals surface area contributed by atoms with Crippen LogP contribution in [-0.2, 0) is 22.4 Å². The fourth-order valence-electron chi connectivity index (χ4n) is 3.87. The van der Waals surface area contributed by atoms with E-state index in [0.717, 1.165) is 26.1 Å². The Morgan fingerprint density at radius 2 is 1.40 bits per heavy atom. The van der Waals surface area contributed by atoms with Crippen LogP contribution < -0.4 is 0 Å². The fraction of sp³-hybridized carbons (Fsp3) is 0.360. The predicted octanol–water partition coefficient (Wildman–Crippen LogP) is 4.37. The molecule has 0 saturated carbocycles. The van der Waals surface area contributed by atoms with Crippen LogP contribution in [0.3, 0.4) is 0 Å². The summed E-state index contributed by atoms with van der Waals surface area (Å²) in [6.07, 6.45) is 6.01. The molecule has 2 N–H and O–H groups in total. The van der Waals surface area contributed by atoms with Gasteiger partial charge in [0.2, 0.25) is 0 Å². The lowest BCUT2D eigenvalue weighted by molar-refractivity contribution is -0.159. The molecule has 0 unspecified atom stereocenters. The number of carboxylic acids is 2. The molecule has 0 aromatic heterocycles. The topological polar surface area (TPSA) is 77.8 Å². The molecule has 0 bridgehead atoms. The van der Waals surface area contributed by atoms with Crippen LogP contribution in [0.5, 0.6) is 0 Å². The van der Waals surface area contributed by atoms with Crippen LogP contribution in [-0.4, -0.2) is 46.7 Å². The molecule has 0 heterocycles. The second-order valence-corrected chi connectivity index (χ2v) is 7.33. The minimum absolute atomic E-state index is 0.626. The molecule has 1 aliphatic rings. The van der Waals surface area contributed by atoms with Gasteiger partial charge in [-0.15, -0.1) is 0 Å². The van der Waals surface area contributed by atoms with E-state index >= 15 is 0 Å². The van der Waals surface area contributed by atoms with Gasteiger partial charge >= 0.3 is 11.9 Å². The molecule has 0 amide bonds. The third-order valence-electron chi connectivity index (χ3n) is 5.48. The number of carbonyl (C=O) groups is 2. The van der Waals surface area contributed by atoms with Crippen LogP contribution in [0.4, 0.5) is 0 Å². The number of hydrogen-bond acceptors (Lipinski definition) is 3. The van der Waals surface area contributed by atoms with Crippen LogP contribution in [0.25, 0.3) is 5.57 Å². The third-order valence-corrected chi connectivity index (χ3v) is 5.48. The van der Waals surface area contributed by atoms with Crippen molar-refractivity contribution in [2.24, 2.45) is 5.92 Å². The van der Waals surface area contributed by atoms with E-state index in [0.29, 0.717) is 5.92 Å². The highest BCUT2D eigenvalue weighted by Gasteiger charge is 2.24. The number of carboxylic acid groups (broad SMARTS) is 2. The zero-order chi connectivity index (χ0) is 21.9. The number of aliphatic carboxylic acids is 2. The summed E-state index contributed by atoms with van der Waals surface area (Å²) in [5.74, 6) is -3.02. The second-order valence-electron chi connectivity index (χ2n) is 7.33. The van der Waals surface area contributed by atoms with E-state index in [1.54, 1.807) is 5.57 Å². The summed E-state index contributed by atoms with van der Waals surface area (Å²) in [6.45, 7) is 7.93. The molecule has 5 heteroatoms. The summed E-state index contributed by atoms with van der Waals surface area (Å²) in [5.41, 5.74) is 6.01. The summed E-state index contributed by atoms with van der Waals surface area (Å²) in [5, 5.41) is 14.8. The highest BCUT2D eigenvalue weighted by atomic mass is 16.4. The quantitative estimate of drug-likeness (QED) is 0.664. The third kappa shape index (κ3) is 6.85. The molecule has 3 rings (SSSR count). The van der Waals surface area contributed by atoms with Crippen LogP contribution in [0, 0.1) is 5.92 Å². The lowest BCUT2D eigenvalue weighted by atomic mass is 9.89. The van der Waals surface area contributed by atoms with Gasteiger partial charge in [0, 0.05) is 6.54 Å². The molecule has 0 atom stereocenters. The van der Waals surface area contributed by atoms with Crippen LogP contribution in [0.1, 0.15) is 37.0 Å². The van der Waals surface area contributed by atoms with Crippen molar-refractivity contribution in [1.82, 2.24) is 4.90 Å². The number of nitrogens with zero attached hydrogens (tertiary/aromatic N) is 1. The van der Waals surface area contributed by atoms with Gasteiger partial charge < -0.3 is 15.1 Å². The molecular formula is C25H31NO4. The zero-order valence-electron chi connectivity index (χ0n) is 17.8. The van der Waals surface area contributed by atoms with Crippen molar-refractivity contribution >= 4 is 17.5 Å². The molecule has 30 heavy (non-hydrogen) atoms. The Morgan fingerprint density at radius 3 is 1.87 bits per heavy atom. The van der Waals surface area contributed by atoms with Crippen LogP contribution in [0.15, 0.2) is 60.7 Å². The van der Waals surface area contributed by atoms with Gasteiger partial charge in [-0.3, -0.25) is 0 Å². The number of hydrogen-bond donors (Lipinski definition) is 2. The molecule has 2 aromatic rings. The molecule has 160 valence electrons. The summed E-state index contributed by atoms with van der Waals surface area (Å²) >= 11 is 0. The van der Waals surface area contributed by atoms with E-state index in [1.165, 1.54) is 29.5 Å². The maximum Gasteiger partial charge on any atom is 0.414 e. The molecule has 0 fully saturated rings. The smallest absolute Gasteiger partial charge is 0.414 e. The highest BCUT2D eigenvalue weighted by molar-refractivity contribution is 6.27. The summed E-state index contributed by atoms with van der Waals surface area (Å²) < 4.78 is 0. The summed E-state index contributed by atoms with van der Waals surface area (Å²) in [4.78, 5) is 20.7. The maximum absolute atomic E-state index is 9.10. The number of fused-ring (bicyclic) bond motifs is 1. The van der Waals surface area contributed by atoms with Crippen molar-refractivity contribution < 1.29 is 19.8 Å². The number of rotatable bonds is 7. The van der Waals surface area contributed by atoms with Crippen LogP contribution >= 0.6 is 0 Å². The normalized spacial score (nSPS) is 13.5. The molecule has 5 nitrogen and oxygen atoms in total. The van der Waals surface area contributed by atoms with E-state index in [1.807, 2.05) is 0 Å². The molecular weight excluding hydrogens is 378 g/mol. The van der Waals surface area contributed by atoms with Crippen molar-refractivity contribution in [1.29, 1.82) is 0 Å². The van der Waals surface area contributed by atoms with E-state index in [4.69, 9.17) is 19.8 Å². The van der Waals surface area contributed by atoms with Gasteiger partial charge in [-0.1, -0.05) is 74.5 Å². The lowest BCUT2D eigenvalue weighted by Crippen LogP contribution is -2.23. The second kappa shape index (κ2) is 11.9. The fourth-order valence-corrected chi connectivity index (χ4v) is 3.87. The molecule has 0 aliphatic heterocycles. The Balaban J connectivity index is 0.000000469. The summed E-state index contributed by atoms with van der Waals surface area (Å²) in [7, 11) is 0. The predicted molar refractivity (Wildman–Crippen MR) is 119 cm³/mol. The SMILES string of the molecule is CCN(CC)CC/C=C(/c1ccccc1)C1Cc2ccccc2C1.O=C(O)C(=O)O. The zero-order valence-corrected chi connectivity index (χ0v) is 17.8. The Bertz CT molecular complexity index is 819. The van der Waals surface area contributed by atoms with E-state index in [9.17, 15) is 0 Å². The Morgan fingerprint density at radius 1 is 0.900 bits per heavy atom. The first-order chi connectivity index (χ1) is 14.5. The van der Waals surface area contributed by atoms with Gasteiger partial charge in [0.15, 0.2) is 0 Å². The molecule has 2 aromatic carbocycles. The van der Waals surface area contributed by atoms with Crippen molar-refractivity contribution in [3.63, 3.8) is 0 Å². The highest BCUT2D eigenvalue weighted by Crippen LogP contribution is 2.36. The Labute approximate surface area is 178 Å². The van der Waals surface area contributed by atoms with Gasteiger partial charge in [-0.2, -0.15) is 0 Å². The van der Waals surface area contributed by atoms with Gasteiger partial charge in [-0.05, 0) is 60.5 Å². The molecule has 0 radical (unpaired) electrons. The van der Waals surface area contributed by atoms with E-state index < -0.39 is 11.9 Å². The molecule has 0 spiro atoms. The van der Waals surface area contributed by atoms with Gasteiger partial charge in [-0.25, -0.2) is 9.59 Å². The standard InChI is InChI=1S/C23H29N.C2H2O4/c1-3-24(4-2)16-10-15-23(19-11-6-5-7-12-19)22-17-20-13-8-9-14-21(20)18-22;3-1(4)2(5)6/h5-9,11-15,22H,3-4,10,16-18H2,1-2H3;(H,3,4)(H,5,6)/b23-15-;. The van der Waals surface area contributed by atoms with Crippen LogP contribution in [0.2, 0.25) is 0 Å². The first-order valence-corrected chi connectivity index (χ1v) is 10.5. The number of allylic oxidation sites excluding steroid dienone is 1. The average Bonchev–Trinajstić information content (AvgIpc) is 3.19. The minimum Gasteiger partial charge on any atom is -0.473 e.